The highest BCUT2D eigenvalue weighted by Gasteiger charge is 2.25. The van der Waals surface area contributed by atoms with Gasteiger partial charge in [0.25, 0.3) is 11.5 Å². The number of carbonyl (C=O) groups excluding carboxylic acids is 1. The van der Waals surface area contributed by atoms with E-state index in [0.29, 0.717) is 10.7 Å². The second-order valence-electron chi connectivity index (χ2n) is 6.89. The summed E-state index contributed by atoms with van der Waals surface area (Å²) in [6.07, 6.45) is 1.67. The highest BCUT2D eigenvalue weighted by molar-refractivity contribution is 6.30. The van der Waals surface area contributed by atoms with E-state index in [2.05, 4.69) is 10.3 Å². The molecule has 1 aliphatic rings. The second kappa shape index (κ2) is 7.05. The molecule has 5 heteroatoms. The van der Waals surface area contributed by atoms with E-state index in [1.54, 1.807) is 12.1 Å². The number of nitrogens with one attached hydrogen (secondary N) is 2. The Kier molecular flexibility index (Phi) is 4.58. The molecule has 0 bridgehead atoms. The molecule has 0 saturated heterocycles. The zero-order chi connectivity index (χ0) is 19.0. The Hall–Kier alpha value is -2.85. The topological polar surface area (TPSA) is 62.0 Å². The van der Waals surface area contributed by atoms with Crippen LogP contribution in [0.2, 0.25) is 5.02 Å². The van der Waals surface area contributed by atoms with Gasteiger partial charge in [-0.2, -0.15) is 0 Å². The first kappa shape index (κ1) is 17.6. The number of hydrogen-bond donors (Lipinski definition) is 2. The molecule has 0 radical (unpaired) electrons. The van der Waals surface area contributed by atoms with Crippen LogP contribution in [0.15, 0.2) is 59.4 Å². The van der Waals surface area contributed by atoms with E-state index in [9.17, 15) is 9.59 Å². The van der Waals surface area contributed by atoms with Crippen molar-refractivity contribution in [2.45, 2.75) is 25.8 Å². The smallest absolute Gasteiger partial charge is 0.261 e. The highest BCUT2D eigenvalue weighted by atomic mass is 35.5. The monoisotopic (exact) mass is 378 g/mol. The van der Waals surface area contributed by atoms with Gasteiger partial charge in [-0.1, -0.05) is 41.4 Å². The minimum absolute atomic E-state index is 0.0967. The Morgan fingerprint density at radius 1 is 1.15 bits per heavy atom. The SMILES string of the molecule is Cc1cccc(-c2ccc(C(=O)NC3CCc4cc(Cl)ccc43)c(=O)[nH]2)c1. The van der Waals surface area contributed by atoms with E-state index in [-0.39, 0.29) is 23.1 Å². The van der Waals surface area contributed by atoms with Crippen molar-refractivity contribution in [3.63, 3.8) is 0 Å². The fourth-order valence-corrected chi connectivity index (χ4v) is 3.80. The van der Waals surface area contributed by atoms with Crippen molar-refractivity contribution in [3.05, 3.63) is 92.2 Å². The van der Waals surface area contributed by atoms with Crippen LogP contribution in [0.25, 0.3) is 11.3 Å². The molecule has 0 aliphatic heterocycles. The first-order valence-electron chi connectivity index (χ1n) is 8.91. The molecule has 4 nitrogen and oxygen atoms in total. The quantitative estimate of drug-likeness (QED) is 0.708. The van der Waals surface area contributed by atoms with E-state index in [1.807, 2.05) is 49.4 Å². The largest absolute Gasteiger partial charge is 0.345 e. The number of fused-ring (bicyclic) bond motifs is 1. The second-order valence-corrected chi connectivity index (χ2v) is 7.33. The summed E-state index contributed by atoms with van der Waals surface area (Å²) in [5.74, 6) is -0.361. The first-order chi connectivity index (χ1) is 13.0. The zero-order valence-corrected chi connectivity index (χ0v) is 15.6. The lowest BCUT2D eigenvalue weighted by molar-refractivity contribution is 0.0935. The van der Waals surface area contributed by atoms with Gasteiger partial charge in [-0.15, -0.1) is 0 Å². The van der Waals surface area contributed by atoms with E-state index >= 15 is 0 Å². The molecule has 1 heterocycles. The summed E-state index contributed by atoms with van der Waals surface area (Å²) in [5.41, 5.74) is 4.67. The van der Waals surface area contributed by atoms with Gasteiger partial charge in [0.15, 0.2) is 0 Å². The molecule has 1 atom stereocenters. The molecule has 0 saturated carbocycles. The van der Waals surface area contributed by atoms with Gasteiger partial charge < -0.3 is 10.3 Å². The van der Waals surface area contributed by atoms with Gasteiger partial charge in [-0.05, 0) is 66.8 Å². The van der Waals surface area contributed by atoms with Crippen LogP contribution >= 0.6 is 11.6 Å². The van der Waals surface area contributed by atoms with Crippen LogP contribution in [0.1, 0.15) is 39.5 Å². The van der Waals surface area contributed by atoms with Crippen LogP contribution in [-0.4, -0.2) is 10.9 Å². The van der Waals surface area contributed by atoms with Gasteiger partial charge in [0.05, 0.1) is 6.04 Å². The van der Waals surface area contributed by atoms with E-state index in [4.69, 9.17) is 11.6 Å². The highest BCUT2D eigenvalue weighted by Crippen LogP contribution is 2.33. The standard InChI is InChI=1S/C22H19ClN2O2/c1-13-3-2-4-15(11-13)19-10-8-18(21(26)24-19)22(27)25-20-9-5-14-12-16(23)6-7-17(14)20/h2-4,6-8,10-12,20H,5,9H2,1H3,(H,24,26)(H,25,27). The normalized spacial score (nSPS) is 15.4. The number of H-pyrrole nitrogens is 1. The number of benzene rings is 2. The van der Waals surface area contributed by atoms with E-state index < -0.39 is 0 Å². The molecule has 0 spiro atoms. The van der Waals surface area contributed by atoms with Gasteiger partial charge >= 0.3 is 0 Å². The molecule has 1 aliphatic carbocycles. The van der Waals surface area contributed by atoms with Gasteiger partial charge in [-0.25, -0.2) is 0 Å². The predicted molar refractivity (Wildman–Crippen MR) is 107 cm³/mol. The lowest BCUT2D eigenvalue weighted by Crippen LogP contribution is -2.32. The maximum Gasteiger partial charge on any atom is 0.261 e. The summed E-state index contributed by atoms with van der Waals surface area (Å²) >= 11 is 6.04. The van der Waals surface area contributed by atoms with Crippen LogP contribution < -0.4 is 10.9 Å². The Balaban J connectivity index is 1.56. The molecule has 2 N–H and O–H groups in total. The molecule has 2 aromatic carbocycles. The average Bonchev–Trinajstić information content (AvgIpc) is 3.03. The third-order valence-electron chi connectivity index (χ3n) is 4.97. The zero-order valence-electron chi connectivity index (χ0n) is 14.9. The summed E-state index contributed by atoms with van der Waals surface area (Å²) in [5, 5.41) is 3.68. The number of amides is 1. The number of pyridine rings is 1. The van der Waals surface area contributed by atoms with Crippen LogP contribution in [-0.2, 0) is 6.42 Å². The Labute approximate surface area is 162 Å². The maximum atomic E-state index is 12.6. The van der Waals surface area contributed by atoms with Crippen molar-refractivity contribution >= 4 is 17.5 Å². The van der Waals surface area contributed by atoms with Crippen LogP contribution in [0, 0.1) is 6.92 Å². The van der Waals surface area contributed by atoms with E-state index in [0.717, 1.165) is 35.1 Å². The minimum Gasteiger partial charge on any atom is -0.345 e. The molecule has 27 heavy (non-hydrogen) atoms. The number of carbonyl (C=O) groups is 1. The van der Waals surface area contributed by atoms with Gasteiger partial charge in [0, 0.05) is 10.7 Å². The fourth-order valence-electron chi connectivity index (χ4n) is 3.61. The van der Waals surface area contributed by atoms with Crippen molar-refractivity contribution in [1.29, 1.82) is 0 Å². The first-order valence-corrected chi connectivity index (χ1v) is 9.28. The number of aromatic nitrogens is 1. The third-order valence-corrected chi connectivity index (χ3v) is 5.21. The summed E-state index contributed by atoms with van der Waals surface area (Å²) in [7, 11) is 0. The lowest BCUT2D eigenvalue weighted by Gasteiger charge is -2.14. The predicted octanol–water partition coefficient (Wildman–Crippen LogP) is 4.42. The Morgan fingerprint density at radius 3 is 2.78 bits per heavy atom. The number of aromatic amines is 1. The van der Waals surface area contributed by atoms with Crippen LogP contribution in [0.4, 0.5) is 0 Å². The van der Waals surface area contributed by atoms with Gasteiger partial charge in [-0.3, -0.25) is 9.59 Å². The number of rotatable bonds is 3. The summed E-state index contributed by atoms with van der Waals surface area (Å²) in [6.45, 7) is 2.00. The molecule has 1 aromatic heterocycles. The van der Waals surface area contributed by atoms with Crippen molar-refractivity contribution in [1.82, 2.24) is 10.3 Å². The molecule has 4 rings (SSSR count). The summed E-state index contributed by atoms with van der Waals surface area (Å²) in [6, 6.07) is 16.8. The van der Waals surface area contributed by atoms with Crippen LogP contribution in [0.3, 0.4) is 0 Å². The summed E-state index contributed by atoms with van der Waals surface area (Å²) in [4.78, 5) is 27.9. The summed E-state index contributed by atoms with van der Waals surface area (Å²) < 4.78 is 0. The Morgan fingerprint density at radius 2 is 2.00 bits per heavy atom. The van der Waals surface area contributed by atoms with Crippen molar-refractivity contribution < 1.29 is 4.79 Å². The lowest BCUT2D eigenvalue weighted by atomic mass is 10.1. The van der Waals surface area contributed by atoms with Crippen molar-refractivity contribution in [2.75, 3.05) is 0 Å². The van der Waals surface area contributed by atoms with Gasteiger partial charge in [0.1, 0.15) is 5.56 Å². The molecule has 0 fully saturated rings. The third kappa shape index (κ3) is 3.53. The number of halogens is 1. The number of hydrogen-bond acceptors (Lipinski definition) is 2. The fraction of sp³-hybridized carbons (Fsp3) is 0.182. The van der Waals surface area contributed by atoms with Crippen LogP contribution in [0.5, 0.6) is 0 Å². The number of aryl methyl sites for hydroxylation is 2. The Bertz CT molecular complexity index is 1090. The molecule has 1 unspecified atom stereocenters. The molecule has 3 aromatic rings. The van der Waals surface area contributed by atoms with Crippen molar-refractivity contribution in [2.24, 2.45) is 0 Å². The molecular formula is C22H19ClN2O2. The molecule has 136 valence electrons. The molecule has 1 amide bonds. The maximum absolute atomic E-state index is 12.6. The van der Waals surface area contributed by atoms with Gasteiger partial charge in [0.2, 0.25) is 0 Å². The molecular weight excluding hydrogens is 360 g/mol. The van der Waals surface area contributed by atoms with E-state index in [1.165, 1.54) is 0 Å². The average molecular weight is 379 g/mol. The minimum atomic E-state index is -0.388. The van der Waals surface area contributed by atoms with Crippen molar-refractivity contribution in [3.8, 4) is 11.3 Å².